The largest absolute Gasteiger partial charge is 0.497 e. The number of benzene rings is 11. The molecule has 27 heteroatoms. The average molecular weight is 1980 g/mol. The van der Waals surface area contributed by atoms with Crippen LogP contribution in [0, 0.1) is 59.1 Å². The number of amides is 1. The molecule has 5 fully saturated rings. The van der Waals surface area contributed by atoms with Crippen LogP contribution in [0.25, 0.3) is 11.4 Å². The van der Waals surface area contributed by atoms with Crippen LogP contribution in [-0.2, 0) is 18.4 Å². The molecule has 762 valence electrons. The summed E-state index contributed by atoms with van der Waals surface area (Å²) >= 11 is 0. The second-order valence-corrected chi connectivity index (χ2v) is 36.5. The Morgan fingerprint density at radius 3 is 1.25 bits per heavy atom. The highest BCUT2D eigenvalue weighted by molar-refractivity contribution is 5.85. The van der Waals surface area contributed by atoms with Gasteiger partial charge in [-0.3, -0.25) is 43.2 Å². The first-order valence-corrected chi connectivity index (χ1v) is 49.3. The molecule has 5 saturated heterocycles. The number of ether oxygens (including phenoxy) is 10. The fraction of sp³-hybridized carbons (Fsp3) is 0.319. The van der Waals surface area contributed by atoms with Gasteiger partial charge in [-0.2, -0.15) is 5.10 Å². The second kappa shape index (κ2) is 53.6. The van der Waals surface area contributed by atoms with Crippen molar-refractivity contribution in [3.8, 4) is 68.9 Å². The Morgan fingerprint density at radius 1 is 0.390 bits per heavy atom. The van der Waals surface area contributed by atoms with Crippen molar-refractivity contribution < 1.29 is 89.7 Å². The standard InChI is InChI=1S/C21H21F2NO3.4C20H23NO3.C18H17N3O2/c1-13-4-3-5-21(19(13)11-25)27-12-15-9-24(14(2)26)10-18(15)17-8-16(22)6-7-20(17)23;2*1-15-6-3-10-20(19(15)13-22)24-14-17-8-5-11-21(17)16-7-4-9-18(12-16)23-2;1-15-7-5-11-19(17(15)13-22)24-14-16-8-6-12-21(16)18-9-3-4-10-20(18)23-2;1-15-7-5-11-19(17(15)14-22)24-16-8-6-12-21(13-16)18-9-3-4-10-20(18)23-2;1-13-5-3-7-17(15(13)11-22)23-12-14-6-4-9-19-18(14)16-8-10-20-21(16)2/h3-8,11,15,18H,9-10,12H2,1-2H3;2*3-4,6-7,9-10,12-13,17H,5,8,11,14H2,1-2H3;3-5,7,9-11,13,16H,6,8,12,14H2,1-2H3;3-5,7,9-11,14,16H,6,8,12-13H2,1-2H3;3-11H,12H2,1-2H3/t15-,18+;2*17-;16-;;/m0000../s1. The molecule has 0 spiro atoms. The van der Waals surface area contributed by atoms with E-state index in [0.29, 0.717) is 119 Å². The van der Waals surface area contributed by atoms with E-state index in [1.807, 2.05) is 218 Å². The Labute approximate surface area is 854 Å². The molecular weight excluding hydrogens is 1850 g/mol. The molecule has 25 nitrogen and oxygen atoms in total. The fourth-order valence-corrected chi connectivity index (χ4v) is 19.1. The minimum absolute atomic E-state index is 0.0594. The molecule has 13 aromatic rings. The van der Waals surface area contributed by atoms with Crippen molar-refractivity contribution in [2.24, 2.45) is 13.0 Å². The number of hydrogen-bond acceptors (Lipinski definition) is 23. The molecule has 18 rings (SSSR count). The van der Waals surface area contributed by atoms with Crippen molar-refractivity contribution in [2.45, 2.75) is 137 Å². The molecule has 2 aromatic heterocycles. The van der Waals surface area contributed by atoms with Crippen LogP contribution in [0.1, 0.15) is 171 Å². The van der Waals surface area contributed by atoms with Gasteiger partial charge in [0.25, 0.3) is 0 Å². The van der Waals surface area contributed by atoms with Gasteiger partial charge in [0.05, 0.1) is 116 Å². The number of aromatic nitrogens is 3. The lowest BCUT2D eigenvalue weighted by atomic mass is 9.89. The number of methoxy groups -OCH3 is 4. The summed E-state index contributed by atoms with van der Waals surface area (Å²) < 4.78 is 87.3. The van der Waals surface area contributed by atoms with Gasteiger partial charge in [-0.25, -0.2) is 8.78 Å². The molecule has 11 aromatic carbocycles. The van der Waals surface area contributed by atoms with E-state index < -0.39 is 11.6 Å². The summed E-state index contributed by atoms with van der Waals surface area (Å²) in [7, 11) is 8.63. The Bertz CT molecular complexity index is 6450. The van der Waals surface area contributed by atoms with Gasteiger partial charge in [0.1, 0.15) is 102 Å². The van der Waals surface area contributed by atoms with Gasteiger partial charge in [-0.15, -0.1) is 0 Å². The zero-order valence-electron chi connectivity index (χ0n) is 85.1. The average Bonchev–Trinajstić information content (AvgIpc) is 1.56. The number of piperidine rings is 1. The minimum Gasteiger partial charge on any atom is -0.497 e. The number of hydrogen-bond donors (Lipinski definition) is 0. The van der Waals surface area contributed by atoms with E-state index in [2.05, 4.69) is 66.1 Å². The second-order valence-electron chi connectivity index (χ2n) is 36.5. The maximum absolute atomic E-state index is 14.3. The summed E-state index contributed by atoms with van der Waals surface area (Å²) in [6, 6.07) is 76.1. The number of carbonyl (C=O) groups excluding carboxylic acids is 7. The number of para-hydroxylation sites is 4. The van der Waals surface area contributed by atoms with Crippen LogP contribution in [0.3, 0.4) is 0 Å². The summed E-state index contributed by atoms with van der Waals surface area (Å²) in [6.07, 6.45) is 17.3. The van der Waals surface area contributed by atoms with Gasteiger partial charge in [0, 0.05) is 107 Å². The van der Waals surface area contributed by atoms with E-state index in [1.54, 1.807) is 68.6 Å². The Morgan fingerprint density at radius 2 is 0.801 bits per heavy atom. The monoisotopic (exact) mass is 1980 g/mol. The van der Waals surface area contributed by atoms with Gasteiger partial charge in [0.15, 0.2) is 37.7 Å². The van der Waals surface area contributed by atoms with Crippen LogP contribution in [-0.4, -0.2) is 188 Å². The van der Waals surface area contributed by atoms with Crippen LogP contribution < -0.4 is 67.0 Å². The first-order chi connectivity index (χ1) is 71.0. The molecule has 1 unspecified atom stereocenters. The predicted octanol–water partition coefficient (Wildman–Crippen LogP) is 22.4. The number of anilines is 4. The van der Waals surface area contributed by atoms with E-state index in [-0.39, 0.29) is 42.1 Å². The lowest BCUT2D eigenvalue weighted by Gasteiger charge is -2.35. The van der Waals surface area contributed by atoms with Crippen LogP contribution in [0.15, 0.2) is 255 Å². The molecule has 0 aliphatic carbocycles. The Kier molecular flexibility index (Phi) is 39.5. The third kappa shape index (κ3) is 27.8. The number of halogens is 2. The normalized spacial score (nSPS) is 16.4. The highest BCUT2D eigenvalue weighted by Crippen LogP contribution is 2.41. The highest BCUT2D eigenvalue weighted by atomic mass is 19.1. The smallest absolute Gasteiger partial charge is 0.219 e. The molecule has 146 heavy (non-hydrogen) atoms. The number of likely N-dealkylation sites (tertiary alicyclic amines) is 1. The van der Waals surface area contributed by atoms with Crippen molar-refractivity contribution >= 4 is 66.4 Å². The maximum Gasteiger partial charge on any atom is 0.219 e. The minimum atomic E-state index is -0.519. The van der Waals surface area contributed by atoms with Gasteiger partial charge in [-0.1, -0.05) is 115 Å². The molecular formula is C119H130F2N8O17. The zero-order valence-corrected chi connectivity index (χ0v) is 85.1. The third-order valence-corrected chi connectivity index (χ3v) is 27.1. The first kappa shape index (κ1) is 108. The molecule has 5 aliphatic rings. The van der Waals surface area contributed by atoms with Gasteiger partial charge < -0.3 is 71.9 Å². The van der Waals surface area contributed by atoms with Gasteiger partial charge >= 0.3 is 0 Å². The van der Waals surface area contributed by atoms with Gasteiger partial charge in [0.2, 0.25) is 5.91 Å². The molecule has 6 atom stereocenters. The van der Waals surface area contributed by atoms with Crippen LogP contribution in [0.2, 0.25) is 0 Å². The van der Waals surface area contributed by atoms with Crippen molar-refractivity contribution in [1.29, 1.82) is 0 Å². The topological polar surface area (TPSA) is 259 Å². The number of rotatable bonds is 33. The third-order valence-electron chi connectivity index (χ3n) is 27.1. The summed E-state index contributed by atoms with van der Waals surface area (Å²) in [5.41, 5.74) is 16.5. The predicted molar refractivity (Wildman–Crippen MR) is 566 cm³/mol. The van der Waals surface area contributed by atoms with E-state index in [9.17, 15) is 42.3 Å². The van der Waals surface area contributed by atoms with Crippen molar-refractivity contribution in [3.05, 3.63) is 345 Å². The van der Waals surface area contributed by atoms with E-state index in [0.717, 1.165) is 230 Å². The number of pyridine rings is 1. The van der Waals surface area contributed by atoms with E-state index >= 15 is 0 Å². The molecule has 0 saturated carbocycles. The quantitative estimate of drug-likeness (QED) is 0.0346. The van der Waals surface area contributed by atoms with Crippen molar-refractivity contribution in [2.75, 3.05) is 120 Å². The van der Waals surface area contributed by atoms with Crippen molar-refractivity contribution in [3.63, 3.8) is 0 Å². The molecule has 5 aliphatic heterocycles. The lowest BCUT2D eigenvalue weighted by molar-refractivity contribution is -0.128. The van der Waals surface area contributed by atoms with E-state index in [4.69, 9.17) is 47.4 Å². The Balaban J connectivity index is 0.000000147. The molecule has 1 amide bonds. The molecule has 0 N–H and O–H groups in total. The SMILES string of the molecule is CC(=O)N1C[C@@H](COc2cccc(C)c2C=O)[C@H](c2cc(F)ccc2F)C1.COc1cccc(N2CCC[C@H]2COc2cccc(C)c2C=O)c1.COc1cccc(N2CCC[C@H]2COc2cccc(C)c2C=O)c1.COc1ccccc1N1CCCC(Oc2cccc(C)c2C=O)C1.COc1ccccc1N1CCC[C@H]1COc1cccc(C)c1C=O.Cc1cccc(OCc2cccnc2-c2ccnn2C)c1C=O. The molecule has 7 heterocycles. The highest BCUT2D eigenvalue weighted by Gasteiger charge is 2.38. The van der Waals surface area contributed by atoms with Crippen LogP contribution in [0.5, 0.6) is 57.5 Å². The summed E-state index contributed by atoms with van der Waals surface area (Å²) in [5.74, 6) is 5.46. The van der Waals surface area contributed by atoms with Gasteiger partial charge in [-0.05, 0) is 247 Å². The fourth-order valence-electron chi connectivity index (χ4n) is 19.1. The number of nitrogens with zero attached hydrogens (tertiary/aromatic N) is 8. The summed E-state index contributed by atoms with van der Waals surface area (Å²) in [4.78, 5) is 95.1. The van der Waals surface area contributed by atoms with Crippen molar-refractivity contribution in [1.82, 2.24) is 19.7 Å². The molecule has 0 radical (unpaired) electrons. The van der Waals surface area contributed by atoms with Crippen LogP contribution in [0.4, 0.5) is 31.5 Å². The Hall–Kier alpha value is -15.7. The summed E-state index contributed by atoms with van der Waals surface area (Å²) in [6.45, 7) is 20.5. The zero-order chi connectivity index (χ0) is 104. The van der Waals surface area contributed by atoms with E-state index in [1.165, 1.54) is 13.0 Å². The number of aryl methyl sites for hydroxylation is 7. The number of aldehydes is 6. The number of carbonyl (C=O) groups is 7. The molecule has 0 bridgehead atoms. The van der Waals surface area contributed by atoms with Crippen LogP contribution >= 0.6 is 0 Å². The summed E-state index contributed by atoms with van der Waals surface area (Å²) in [5, 5.41) is 4.18. The first-order valence-electron chi connectivity index (χ1n) is 49.3. The maximum atomic E-state index is 14.3. The lowest BCUT2D eigenvalue weighted by Crippen LogP contribution is -2.41.